The van der Waals surface area contributed by atoms with Gasteiger partial charge in [-0.2, -0.15) is 0 Å². The number of carbonyl (C=O) groups is 1. The van der Waals surface area contributed by atoms with Crippen LogP contribution in [0.1, 0.15) is 38.4 Å². The number of aryl methyl sites for hydroxylation is 1. The average molecular weight is 416 g/mol. The van der Waals surface area contributed by atoms with Gasteiger partial charge in [-0.1, -0.05) is 11.6 Å². The van der Waals surface area contributed by atoms with Gasteiger partial charge in [-0.3, -0.25) is 4.79 Å². The number of carbonyl (C=O) groups excluding carboxylic acids is 1. The van der Waals surface area contributed by atoms with Gasteiger partial charge in [0.15, 0.2) is 0 Å². The summed E-state index contributed by atoms with van der Waals surface area (Å²) in [6.45, 7) is 7.13. The Balaban J connectivity index is 1.26. The van der Waals surface area contributed by atoms with Crippen LogP contribution in [0, 0.1) is 11.3 Å². The number of likely N-dealkylation sites (tertiary alicyclic amines) is 1. The first-order chi connectivity index (χ1) is 13.9. The molecule has 3 aliphatic heterocycles. The first-order valence-electron chi connectivity index (χ1n) is 10.2. The maximum Gasteiger partial charge on any atom is 0.224 e. The van der Waals surface area contributed by atoms with E-state index >= 15 is 0 Å². The SMILES string of the molecule is CC1(C)Oc2ccc(Cl)cc2[C@H]2OCC3(C[C@@H]21)CN(C(=O)CCn1ccnc1)C3. The molecular formula is C22H26ClN3O3. The van der Waals surface area contributed by atoms with E-state index in [-0.39, 0.29) is 28.9 Å². The normalized spacial score (nSPS) is 26.2. The summed E-state index contributed by atoms with van der Waals surface area (Å²) in [7, 11) is 0. The summed E-state index contributed by atoms with van der Waals surface area (Å²) >= 11 is 6.23. The third-order valence-electron chi connectivity index (χ3n) is 6.68. The van der Waals surface area contributed by atoms with Gasteiger partial charge in [0.1, 0.15) is 11.4 Å². The Labute approximate surface area is 175 Å². The van der Waals surface area contributed by atoms with Crippen molar-refractivity contribution in [2.24, 2.45) is 11.3 Å². The third-order valence-corrected chi connectivity index (χ3v) is 6.92. The zero-order valence-electron chi connectivity index (χ0n) is 16.8. The van der Waals surface area contributed by atoms with Gasteiger partial charge in [-0.15, -0.1) is 0 Å². The summed E-state index contributed by atoms with van der Waals surface area (Å²) < 4.78 is 14.7. The predicted octanol–water partition coefficient (Wildman–Crippen LogP) is 3.70. The van der Waals surface area contributed by atoms with Crippen molar-refractivity contribution in [1.82, 2.24) is 14.5 Å². The monoisotopic (exact) mass is 415 g/mol. The molecule has 2 aromatic rings. The van der Waals surface area contributed by atoms with Crippen LogP contribution in [0.2, 0.25) is 5.02 Å². The molecule has 154 valence electrons. The summed E-state index contributed by atoms with van der Waals surface area (Å²) in [5.41, 5.74) is 0.747. The Morgan fingerprint density at radius 3 is 2.93 bits per heavy atom. The summed E-state index contributed by atoms with van der Waals surface area (Å²) in [5.74, 6) is 1.29. The molecular weight excluding hydrogens is 390 g/mol. The van der Waals surface area contributed by atoms with Crippen LogP contribution in [0.5, 0.6) is 5.75 Å². The Kier molecular flexibility index (Phi) is 4.40. The number of aromatic nitrogens is 2. The molecule has 2 atom stereocenters. The molecule has 0 N–H and O–H groups in total. The van der Waals surface area contributed by atoms with Crippen LogP contribution < -0.4 is 4.74 Å². The Hall–Kier alpha value is -2.05. The number of amides is 1. The van der Waals surface area contributed by atoms with Gasteiger partial charge in [0.05, 0.1) is 19.0 Å². The highest BCUT2D eigenvalue weighted by Gasteiger charge is 2.56. The number of hydrogen-bond donors (Lipinski definition) is 0. The van der Waals surface area contributed by atoms with Crippen LogP contribution in [0.15, 0.2) is 36.9 Å². The third kappa shape index (κ3) is 3.32. The van der Waals surface area contributed by atoms with Crippen molar-refractivity contribution in [2.45, 2.75) is 44.9 Å². The molecule has 0 unspecified atom stereocenters. The zero-order chi connectivity index (χ0) is 20.2. The smallest absolute Gasteiger partial charge is 0.224 e. The fourth-order valence-corrected chi connectivity index (χ4v) is 5.27. The van der Waals surface area contributed by atoms with Crippen LogP contribution >= 0.6 is 11.6 Å². The zero-order valence-corrected chi connectivity index (χ0v) is 17.6. The van der Waals surface area contributed by atoms with Crippen molar-refractivity contribution in [3.8, 4) is 5.75 Å². The number of fused-ring (bicyclic) bond motifs is 3. The first kappa shape index (κ1) is 18.9. The van der Waals surface area contributed by atoms with E-state index in [2.05, 4.69) is 18.8 Å². The Morgan fingerprint density at radius 1 is 1.34 bits per heavy atom. The maximum atomic E-state index is 12.6. The van der Waals surface area contributed by atoms with Crippen LogP contribution in [0.25, 0.3) is 0 Å². The molecule has 2 fully saturated rings. The van der Waals surface area contributed by atoms with Gasteiger partial charge >= 0.3 is 0 Å². The number of halogens is 1. The Bertz CT molecular complexity index is 921. The van der Waals surface area contributed by atoms with Crippen molar-refractivity contribution in [3.63, 3.8) is 0 Å². The number of benzene rings is 1. The lowest BCUT2D eigenvalue weighted by Crippen LogP contribution is -2.65. The van der Waals surface area contributed by atoms with Crippen LogP contribution in [-0.2, 0) is 16.1 Å². The quantitative estimate of drug-likeness (QED) is 0.766. The fourth-order valence-electron chi connectivity index (χ4n) is 5.09. The van der Waals surface area contributed by atoms with E-state index in [1.165, 1.54) is 0 Å². The van der Waals surface area contributed by atoms with Crippen LogP contribution in [0.3, 0.4) is 0 Å². The van der Waals surface area contributed by atoms with E-state index in [0.29, 0.717) is 24.6 Å². The van der Waals surface area contributed by atoms with Crippen molar-refractivity contribution in [3.05, 3.63) is 47.5 Å². The van der Waals surface area contributed by atoms with Crippen molar-refractivity contribution in [2.75, 3.05) is 19.7 Å². The minimum absolute atomic E-state index is 0.0101. The molecule has 3 aliphatic rings. The van der Waals surface area contributed by atoms with Crippen LogP contribution in [0.4, 0.5) is 0 Å². The van der Waals surface area contributed by atoms with Crippen molar-refractivity contribution in [1.29, 1.82) is 0 Å². The number of imidazole rings is 1. The second-order valence-corrected chi connectivity index (χ2v) is 9.67. The summed E-state index contributed by atoms with van der Waals surface area (Å²) in [6.07, 6.45) is 6.84. The second kappa shape index (κ2) is 6.74. The molecule has 0 radical (unpaired) electrons. The minimum Gasteiger partial charge on any atom is -0.487 e. The molecule has 1 aromatic heterocycles. The van der Waals surface area contributed by atoms with E-state index in [9.17, 15) is 4.79 Å². The fraction of sp³-hybridized carbons (Fsp3) is 0.545. The van der Waals surface area contributed by atoms with Gasteiger partial charge < -0.3 is 18.9 Å². The van der Waals surface area contributed by atoms with Crippen molar-refractivity contribution < 1.29 is 14.3 Å². The number of nitrogens with zero attached hydrogens (tertiary/aromatic N) is 3. The topological polar surface area (TPSA) is 56.6 Å². The molecule has 7 heteroatoms. The standard InChI is InChI=1S/C22H26ClN3O3/c1-21(2)17-10-22(11-26(12-22)19(27)5-7-25-8-6-24-14-25)13-28-20(17)16-9-15(23)3-4-18(16)29-21/h3-4,6,8-9,14,17,20H,5,7,10-13H2,1-2H3/t17-,20+/m0/s1. The maximum absolute atomic E-state index is 12.6. The van der Waals surface area contributed by atoms with Crippen molar-refractivity contribution >= 4 is 17.5 Å². The van der Waals surface area contributed by atoms with E-state index in [1.54, 1.807) is 12.5 Å². The molecule has 29 heavy (non-hydrogen) atoms. The molecule has 1 amide bonds. The molecule has 2 saturated heterocycles. The number of rotatable bonds is 3. The highest BCUT2D eigenvalue weighted by atomic mass is 35.5. The average Bonchev–Trinajstić information content (AvgIpc) is 3.18. The van der Waals surface area contributed by atoms with E-state index < -0.39 is 0 Å². The highest BCUT2D eigenvalue weighted by Crippen LogP contribution is 2.55. The predicted molar refractivity (Wildman–Crippen MR) is 109 cm³/mol. The molecule has 4 heterocycles. The molecule has 0 bridgehead atoms. The van der Waals surface area contributed by atoms with Gasteiger partial charge in [-0.05, 0) is 38.5 Å². The van der Waals surface area contributed by atoms with E-state index in [0.717, 1.165) is 30.8 Å². The number of ether oxygens (including phenoxy) is 2. The molecule has 1 aromatic carbocycles. The van der Waals surface area contributed by atoms with Gasteiger partial charge in [0, 0.05) is 60.4 Å². The number of hydrogen-bond acceptors (Lipinski definition) is 4. The van der Waals surface area contributed by atoms with Gasteiger partial charge in [0.2, 0.25) is 5.91 Å². The van der Waals surface area contributed by atoms with Gasteiger partial charge in [-0.25, -0.2) is 4.98 Å². The lowest BCUT2D eigenvalue weighted by Gasteiger charge is -2.58. The first-order valence-corrected chi connectivity index (χ1v) is 10.6. The summed E-state index contributed by atoms with van der Waals surface area (Å²) in [4.78, 5) is 18.6. The lowest BCUT2D eigenvalue weighted by atomic mass is 9.64. The van der Waals surface area contributed by atoms with Gasteiger partial charge in [0.25, 0.3) is 0 Å². The summed E-state index contributed by atoms with van der Waals surface area (Å²) in [6, 6.07) is 5.77. The van der Waals surface area contributed by atoms with Crippen LogP contribution in [-0.4, -0.2) is 45.7 Å². The van der Waals surface area contributed by atoms with E-state index in [1.807, 2.05) is 33.9 Å². The molecule has 1 spiro atoms. The second-order valence-electron chi connectivity index (χ2n) is 9.23. The van der Waals surface area contributed by atoms with E-state index in [4.69, 9.17) is 21.1 Å². The minimum atomic E-state index is -0.329. The Morgan fingerprint density at radius 2 is 2.17 bits per heavy atom. The highest BCUT2D eigenvalue weighted by molar-refractivity contribution is 6.30. The molecule has 6 nitrogen and oxygen atoms in total. The summed E-state index contributed by atoms with van der Waals surface area (Å²) in [5, 5.41) is 0.702. The molecule has 0 saturated carbocycles. The molecule has 5 rings (SSSR count). The molecule has 0 aliphatic carbocycles. The lowest BCUT2D eigenvalue weighted by molar-refractivity contribution is -0.201. The largest absolute Gasteiger partial charge is 0.487 e.